The monoisotopic (exact) mass is 460 g/mol. The highest BCUT2D eigenvalue weighted by atomic mass is 16.6. The van der Waals surface area contributed by atoms with Gasteiger partial charge in [-0.15, -0.1) is 0 Å². The molecule has 8 nitrogen and oxygen atoms in total. The third kappa shape index (κ3) is 3.53. The first-order chi connectivity index (χ1) is 15.5. The van der Waals surface area contributed by atoms with Gasteiger partial charge < -0.3 is 24.4 Å². The normalized spacial score (nSPS) is 38.5. The lowest BCUT2D eigenvalue weighted by Gasteiger charge is -2.42. The highest BCUT2D eigenvalue weighted by Crippen LogP contribution is 2.57. The van der Waals surface area contributed by atoms with Gasteiger partial charge in [0, 0.05) is 12.1 Å². The Kier molecular flexibility index (Phi) is 5.98. The van der Waals surface area contributed by atoms with Gasteiger partial charge in [0.05, 0.1) is 30.8 Å². The van der Waals surface area contributed by atoms with E-state index in [0.717, 1.165) is 6.42 Å². The number of likely N-dealkylation sites (tertiary alicyclic amines) is 1. The largest absolute Gasteiger partial charge is 0.465 e. The van der Waals surface area contributed by atoms with Crippen LogP contribution in [0.1, 0.15) is 53.9 Å². The lowest BCUT2D eigenvalue weighted by atomic mass is 9.74. The van der Waals surface area contributed by atoms with Gasteiger partial charge in [-0.2, -0.15) is 0 Å². The molecule has 2 fully saturated rings. The molecule has 0 saturated carbocycles. The second-order valence-corrected chi connectivity index (χ2v) is 10.7. The van der Waals surface area contributed by atoms with Crippen LogP contribution in [0.25, 0.3) is 0 Å². The molecule has 4 aliphatic heterocycles. The molecule has 1 unspecified atom stereocenters. The first-order valence-corrected chi connectivity index (χ1v) is 12.0. The van der Waals surface area contributed by atoms with Crippen LogP contribution in [0, 0.1) is 11.8 Å². The Bertz CT molecular complexity index is 888. The first-order valence-electron chi connectivity index (χ1n) is 12.0. The molecule has 0 aromatic carbocycles. The fourth-order valence-corrected chi connectivity index (χ4v) is 5.98. The molecule has 1 spiro atoms. The van der Waals surface area contributed by atoms with E-state index in [9.17, 15) is 19.5 Å². The minimum atomic E-state index is -1.32. The summed E-state index contributed by atoms with van der Waals surface area (Å²) in [5.41, 5.74) is -2.89. The van der Waals surface area contributed by atoms with Gasteiger partial charge in [0.1, 0.15) is 17.6 Å². The van der Waals surface area contributed by atoms with Crippen molar-refractivity contribution in [3.63, 3.8) is 0 Å². The quantitative estimate of drug-likeness (QED) is 0.510. The van der Waals surface area contributed by atoms with E-state index in [4.69, 9.17) is 9.47 Å². The minimum Gasteiger partial charge on any atom is -0.465 e. The van der Waals surface area contributed by atoms with Gasteiger partial charge in [0.25, 0.3) is 0 Å². The summed E-state index contributed by atoms with van der Waals surface area (Å²) in [5, 5.41) is 10.1. The number of aliphatic hydroxyl groups excluding tert-OH is 1. The summed E-state index contributed by atoms with van der Waals surface area (Å²) in [6, 6.07) is -1.53. The van der Waals surface area contributed by atoms with Crippen LogP contribution in [0.4, 0.5) is 0 Å². The van der Waals surface area contributed by atoms with Crippen molar-refractivity contribution in [1.82, 2.24) is 9.80 Å². The van der Waals surface area contributed by atoms with Crippen LogP contribution in [0.2, 0.25) is 0 Å². The number of carbonyl (C=O) groups is 3. The number of hydrogen-bond donors (Lipinski definition) is 1. The zero-order valence-corrected chi connectivity index (χ0v) is 20.2. The zero-order chi connectivity index (χ0) is 24.2. The summed E-state index contributed by atoms with van der Waals surface area (Å²) in [5.74, 6) is -2.85. The van der Waals surface area contributed by atoms with Crippen LogP contribution < -0.4 is 0 Å². The minimum absolute atomic E-state index is 0.234. The van der Waals surface area contributed by atoms with E-state index in [0.29, 0.717) is 19.4 Å². The van der Waals surface area contributed by atoms with Crippen molar-refractivity contribution in [2.24, 2.45) is 11.8 Å². The van der Waals surface area contributed by atoms with Crippen LogP contribution in [0.3, 0.4) is 0 Å². The predicted octanol–water partition coefficient (Wildman–Crippen LogP) is 1.82. The predicted molar refractivity (Wildman–Crippen MR) is 121 cm³/mol. The molecule has 33 heavy (non-hydrogen) atoms. The van der Waals surface area contributed by atoms with Gasteiger partial charge in [-0.25, -0.2) is 0 Å². The number of carbonyl (C=O) groups excluding carboxylic acids is 3. The molecule has 0 bridgehead atoms. The Hall–Kier alpha value is -2.19. The molecule has 6 atom stereocenters. The van der Waals surface area contributed by atoms with Crippen LogP contribution >= 0.6 is 0 Å². The molecular formula is C25H36N2O6. The van der Waals surface area contributed by atoms with Gasteiger partial charge in [0.2, 0.25) is 11.8 Å². The Morgan fingerprint density at radius 2 is 1.88 bits per heavy atom. The average Bonchev–Trinajstić information content (AvgIpc) is 3.08. The Balaban J connectivity index is 1.92. The van der Waals surface area contributed by atoms with Crippen LogP contribution in [0.5, 0.6) is 0 Å². The van der Waals surface area contributed by atoms with Crippen molar-refractivity contribution in [3.05, 3.63) is 24.3 Å². The lowest BCUT2D eigenvalue weighted by Crippen LogP contribution is -2.61. The van der Waals surface area contributed by atoms with Gasteiger partial charge in [-0.1, -0.05) is 31.2 Å². The van der Waals surface area contributed by atoms with E-state index in [-0.39, 0.29) is 25.0 Å². The van der Waals surface area contributed by atoms with E-state index in [2.05, 4.69) is 0 Å². The third-order valence-corrected chi connectivity index (χ3v) is 7.57. The maximum atomic E-state index is 14.1. The molecule has 8 heteroatoms. The fraction of sp³-hybridized carbons (Fsp3) is 0.720. The molecule has 1 N–H and O–H groups in total. The molecule has 0 radical (unpaired) electrons. The molecule has 4 heterocycles. The third-order valence-electron chi connectivity index (χ3n) is 7.57. The number of cyclic esters (lactones) is 1. The number of ether oxygens (including phenoxy) is 2. The number of esters is 1. The standard InChI is InChI=1S/C25H36N2O6/c1-6-16(15-28)27-19-21(30)26(23(2,3)4)13-10-12-25(19)17(20(27)29)18-22(31)32-14-9-7-8-11-24(18,5)33-25/h8,10-12,16-19,28H,6-7,9,13-15H2,1-5H3/b11-8-/t16-,17-,18+,19?,24-,25-/m0/s1. The van der Waals surface area contributed by atoms with E-state index in [1.165, 1.54) is 4.90 Å². The van der Waals surface area contributed by atoms with Gasteiger partial charge in [-0.05, 0) is 47.0 Å². The summed E-state index contributed by atoms with van der Waals surface area (Å²) >= 11 is 0. The Morgan fingerprint density at radius 3 is 2.52 bits per heavy atom. The summed E-state index contributed by atoms with van der Waals surface area (Å²) < 4.78 is 12.3. The van der Waals surface area contributed by atoms with Crippen molar-refractivity contribution >= 4 is 17.8 Å². The highest BCUT2D eigenvalue weighted by Gasteiger charge is 2.75. The lowest BCUT2D eigenvalue weighted by molar-refractivity contribution is -0.162. The molecule has 2 saturated heterocycles. The number of amides is 2. The van der Waals surface area contributed by atoms with Crippen molar-refractivity contribution in [3.8, 4) is 0 Å². The van der Waals surface area contributed by atoms with Crippen LogP contribution in [-0.2, 0) is 23.9 Å². The van der Waals surface area contributed by atoms with E-state index in [1.54, 1.807) is 11.8 Å². The van der Waals surface area contributed by atoms with Gasteiger partial charge >= 0.3 is 5.97 Å². The van der Waals surface area contributed by atoms with Crippen LogP contribution in [-0.4, -0.2) is 81.3 Å². The van der Waals surface area contributed by atoms with Gasteiger partial charge in [0.15, 0.2) is 0 Å². The van der Waals surface area contributed by atoms with Crippen molar-refractivity contribution in [1.29, 1.82) is 0 Å². The Labute approximate surface area is 195 Å². The molecule has 0 aromatic rings. The topological polar surface area (TPSA) is 96.4 Å². The van der Waals surface area contributed by atoms with Crippen molar-refractivity contribution < 1.29 is 29.0 Å². The zero-order valence-electron chi connectivity index (χ0n) is 20.2. The molecule has 182 valence electrons. The molecule has 0 aliphatic carbocycles. The smallest absolute Gasteiger partial charge is 0.313 e. The van der Waals surface area contributed by atoms with E-state index in [1.807, 2.05) is 52.0 Å². The maximum Gasteiger partial charge on any atom is 0.313 e. The molecule has 4 rings (SSSR count). The summed E-state index contributed by atoms with van der Waals surface area (Å²) in [6.45, 7) is 9.90. The average molecular weight is 461 g/mol. The Morgan fingerprint density at radius 1 is 1.15 bits per heavy atom. The molecule has 2 amide bonds. The second kappa shape index (κ2) is 8.24. The van der Waals surface area contributed by atoms with Gasteiger partial charge in [-0.3, -0.25) is 14.4 Å². The van der Waals surface area contributed by atoms with E-state index >= 15 is 0 Å². The summed E-state index contributed by atoms with van der Waals surface area (Å²) in [6.07, 6.45) is 9.42. The fourth-order valence-electron chi connectivity index (χ4n) is 5.98. The number of nitrogens with zero attached hydrogens (tertiary/aromatic N) is 2. The number of hydrogen-bond acceptors (Lipinski definition) is 6. The number of fused-ring (bicyclic) bond motifs is 2. The van der Waals surface area contributed by atoms with Crippen molar-refractivity contribution in [2.45, 2.75) is 82.7 Å². The maximum absolute atomic E-state index is 14.1. The summed E-state index contributed by atoms with van der Waals surface area (Å²) in [7, 11) is 0. The first kappa shape index (κ1) is 24.0. The van der Waals surface area contributed by atoms with E-state index < -0.39 is 46.6 Å². The molecule has 0 aromatic heterocycles. The summed E-state index contributed by atoms with van der Waals surface area (Å²) in [4.78, 5) is 44.7. The number of aliphatic hydroxyl groups is 1. The van der Waals surface area contributed by atoms with Crippen molar-refractivity contribution in [2.75, 3.05) is 19.8 Å². The SMILES string of the molecule is CC[C@@H](CO)N1C(=O)[C@@H]2[C@@H]3C(=O)OCCC/C=C\[C@]3(C)O[C@@]23C=CCN(C(C)(C)C)C(=O)C13. The van der Waals surface area contributed by atoms with Crippen LogP contribution in [0.15, 0.2) is 24.3 Å². The second-order valence-electron chi connectivity index (χ2n) is 10.7. The highest BCUT2D eigenvalue weighted by molar-refractivity contribution is 5.99. The number of rotatable bonds is 3. The molecule has 4 aliphatic rings. The molecular weight excluding hydrogens is 424 g/mol. The number of allylic oxidation sites excluding steroid dienone is 1.